The van der Waals surface area contributed by atoms with Crippen LogP contribution in [0.4, 0.5) is 0 Å². The van der Waals surface area contributed by atoms with Gasteiger partial charge in [-0.1, -0.05) is 43.0 Å². The number of carboxylic acids is 3. The lowest BCUT2D eigenvalue weighted by Gasteiger charge is -2.21. The standard InChI is InChI=1S/C20H23N3S.C6H8O7/c1-3-23-15-19(17(2)21-23)14-22(16-20-10-7-13-24-20)12-11-18-8-5-4-6-9-18;7-3(8)1-6(13,5(11)12)2-4(9)10/h3-10,13,15H,1,11-12,14,16H2,2H3;13H,1-2H2,(H,7,8)(H,9,10)(H,11,12). The lowest BCUT2D eigenvalue weighted by Crippen LogP contribution is -2.42. The molecule has 0 fully saturated rings. The molecule has 198 valence electrons. The molecule has 2 heterocycles. The maximum absolute atomic E-state index is 10.3. The topological polar surface area (TPSA) is 153 Å². The molecule has 10 nitrogen and oxygen atoms in total. The summed E-state index contributed by atoms with van der Waals surface area (Å²) < 4.78 is 1.80. The molecular weight excluding hydrogens is 498 g/mol. The first-order valence-corrected chi connectivity index (χ1v) is 12.3. The van der Waals surface area contributed by atoms with Crippen molar-refractivity contribution < 1.29 is 34.8 Å². The second-order valence-electron chi connectivity index (χ2n) is 8.41. The Morgan fingerprint density at radius 1 is 1.05 bits per heavy atom. The van der Waals surface area contributed by atoms with Crippen molar-refractivity contribution in [2.45, 2.75) is 44.9 Å². The summed E-state index contributed by atoms with van der Waals surface area (Å²) in [6.45, 7) is 8.77. The van der Waals surface area contributed by atoms with Gasteiger partial charge in [-0.3, -0.25) is 14.5 Å². The Hall–Kier alpha value is -3.80. The van der Waals surface area contributed by atoms with Gasteiger partial charge in [-0.05, 0) is 30.4 Å². The molecule has 0 saturated carbocycles. The van der Waals surface area contributed by atoms with Crippen molar-refractivity contribution in [2.24, 2.45) is 0 Å². The number of aliphatic carboxylic acids is 3. The minimum absolute atomic E-state index is 0.907. The number of carboxylic acid groups (broad SMARTS) is 3. The molecule has 0 unspecified atom stereocenters. The van der Waals surface area contributed by atoms with Gasteiger partial charge in [-0.15, -0.1) is 11.3 Å². The molecule has 1 aromatic carbocycles. The average Bonchev–Trinajstić information content (AvgIpc) is 3.47. The van der Waals surface area contributed by atoms with E-state index in [1.54, 1.807) is 10.9 Å². The predicted molar refractivity (Wildman–Crippen MR) is 139 cm³/mol. The van der Waals surface area contributed by atoms with Crippen LogP contribution in [-0.4, -0.2) is 65.2 Å². The van der Waals surface area contributed by atoms with Crippen molar-refractivity contribution >= 4 is 35.4 Å². The lowest BCUT2D eigenvalue weighted by molar-refractivity contribution is -0.170. The van der Waals surface area contributed by atoms with Gasteiger partial charge >= 0.3 is 17.9 Å². The van der Waals surface area contributed by atoms with Crippen molar-refractivity contribution in [2.75, 3.05) is 6.54 Å². The second-order valence-corrected chi connectivity index (χ2v) is 9.44. The molecule has 0 bridgehead atoms. The van der Waals surface area contributed by atoms with Crippen molar-refractivity contribution in [3.05, 3.63) is 82.3 Å². The monoisotopic (exact) mass is 529 g/mol. The van der Waals surface area contributed by atoms with E-state index in [1.165, 1.54) is 16.0 Å². The molecule has 0 radical (unpaired) electrons. The van der Waals surface area contributed by atoms with Crippen LogP contribution in [0.1, 0.15) is 34.5 Å². The quantitative estimate of drug-likeness (QED) is 0.261. The highest BCUT2D eigenvalue weighted by Crippen LogP contribution is 2.17. The van der Waals surface area contributed by atoms with Gasteiger partial charge in [0.25, 0.3) is 0 Å². The number of hydrogen-bond donors (Lipinski definition) is 4. The van der Waals surface area contributed by atoms with E-state index < -0.39 is 36.4 Å². The Balaban J connectivity index is 0.000000317. The van der Waals surface area contributed by atoms with Crippen molar-refractivity contribution in [1.29, 1.82) is 0 Å². The summed E-state index contributed by atoms with van der Waals surface area (Å²) in [6, 6.07) is 15.0. The first kappa shape index (κ1) is 29.4. The van der Waals surface area contributed by atoms with Crippen LogP contribution in [0.15, 0.2) is 60.6 Å². The molecule has 0 aliphatic heterocycles. The van der Waals surface area contributed by atoms with Crippen molar-refractivity contribution in [1.82, 2.24) is 14.7 Å². The second kappa shape index (κ2) is 14.1. The van der Waals surface area contributed by atoms with Crippen LogP contribution in [0.5, 0.6) is 0 Å². The fourth-order valence-corrected chi connectivity index (χ4v) is 4.24. The minimum atomic E-state index is -2.74. The number of aromatic nitrogens is 2. The van der Waals surface area contributed by atoms with Crippen LogP contribution in [0.2, 0.25) is 0 Å². The maximum Gasteiger partial charge on any atom is 0.336 e. The predicted octanol–water partition coefficient (Wildman–Crippen LogP) is 3.35. The Bertz CT molecular complexity index is 1160. The van der Waals surface area contributed by atoms with E-state index in [9.17, 15) is 14.4 Å². The zero-order valence-electron chi connectivity index (χ0n) is 20.5. The molecule has 0 amide bonds. The van der Waals surface area contributed by atoms with Gasteiger partial charge in [0.2, 0.25) is 0 Å². The highest BCUT2D eigenvalue weighted by Gasteiger charge is 2.40. The highest BCUT2D eigenvalue weighted by molar-refractivity contribution is 7.09. The van der Waals surface area contributed by atoms with Gasteiger partial charge in [0, 0.05) is 42.5 Å². The summed E-state index contributed by atoms with van der Waals surface area (Å²) >= 11 is 1.82. The summed E-state index contributed by atoms with van der Waals surface area (Å²) in [7, 11) is 0. The fourth-order valence-electron chi connectivity index (χ4n) is 3.49. The number of rotatable bonds is 13. The van der Waals surface area contributed by atoms with E-state index in [0.29, 0.717) is 0 Å². The Morgan fingerprint density at radius 2 is 1.70 bits per heavy atom. The summed E-state index contributed by atoms with van der Waals surface area (Å²) in [4.78, 5) is 34.4. The van der Waals surface area contributed by atoms with E-state index in [4.69, 9.17) is 20.4 Å². The third-order valence-electron chi connectivity index (χ3n) is 5.40. The molecule has 37 heavy (non-hydrogen) atoms. The van der Waals surface area contributed by atoms with E-state index in [0.717, 1.165) is 31.7 Å². The molecule has 3 rings (SSSR count). The number of aryl methyl sites for hydroxylation is 1. The molecule has 0 aliphatic carbocycles. The fraction of sp³-hybridized carbons (Fsp3) is 0.308. The third-order valence-corrected chi connectivity index (χ3v) is 6.26. The van der Waals surface area contributed by atoms with Crippen LogP contribution < -0.4 is 0 Å². The smallest absolute Gasteiger partial charge is 0.336 e. The molecule has 2 aromatic heterocycles. The zero-order chi connectivity index (χ0) is 27.4. The van der Waals surface area contributed by atoms with Crippen LogP contribution in [-0.2, 0) is 33.9 Å². The number of nitrogens with zero attached hydrogens (tertiary/aromatic N) is 3. The van der Waals surface area contributed by atoms with Crippen molar-refractivity contribution in [3.63, 3.8) is 0 Å². The Labute approximate surface area is 218 Å². The number of hydrogen-bond acceptors (Lipinski definition) is 7. The van der Waals surface area contributed by atoms with E-state index in [2.05, 4.69) is 77.5 Å². The molecule has 0 aliphatic rings. The largest absolute Gasteiger partial charge is 0.481 e. The van der Waals surface area contributed by atoms with E-state index in [-0.39, 0.29) is 0 Å². The molecule has 0 spiro atoms. The normalized spacial score (nSPS) is 11.0. The lowest BCUT2D eigenvalue weighted by atomic mass is 9.96. The zero-order valence-corrected chi connectivity index (χ0v) is 21.3. The van der Waals surface area contributed by atoms with Crippen LogP contribution in [0, 0.1) is 6.92 Å². The summed E-state index contributed by atoms with van der Waals surface area (Å²) in [5, 5.41) is 40.4. The molecule has 11 heteroatoms. The molecule has 4 N–H and O–H groups in total. The first-order valence-electron chi connectivity index (χ1n) is 11.4. The molecule has 3 aromatic rings. The number of benzene rings is 1. The maximum atomic E-state index is 10.3. The SMILES string of the molecule is C=Cn1cc(CN(CCc2ccccc2)Cc2cccs2)c(C)n1.O=C(O)CC(O)(CC(=O)O)C(=O)O. The first-order chi connectivity index (χ1) is 17.5. The molecule has 0 saturated heterocycles. The van der Waals surface area contributed by atoms with Gasteiger partial charge in [0.05, 0.1) is 18.5 Å². The van der Waals surface area contributed by atoms with Gasteiger partial charge in [0.15, 0.2) is 5.60 Å². The Morgan fingerprint density at radius 3 is 2.19 bits per heavy atom. The van der Waals surface area contributed by atoms with Crippen LogP contribution >= 0.6 is 11.3 Å². The van der Waals surface area contributed by atoms with Crippen LogP contribution in [0.25, 0.3) is 6.20 Å². The third kappa shape index (κ3) is 10.00. The summed E-state index contributed by atoms with van der Waals surface area (Å²) in [5.41, 5.74) is 0.981. The van der Waals surface area contributed by atoms with E-state index >= 15 is 0 Å². The average molecular weight is 530 g/mol. The number of thiophene rings is 1. The van der Waals surface area contributed by atoms with Crippen molar-refractivity contribution in [3.8, 4) is 0 Å². The van der Waals surface area contributed by atoms with Gasteiger partial charge < -0.3 is 20.4 Å². The van der Waals surface area contributed by atoms with Gasteiger partial charge in [-0.2, -0.15) is 5.10 Å². The highest BCUT2D eigenvalue weighted by atomic mass is 32.1. The number of aliphatic hydroxyl groups is 1. The van der Waals surface area contributed by atoms with Gasteiger partial charge in [0.1, 0.15) is 0 Å². The van der Waals surface area contributed by atoms with E-state index in [1.807, 2.05) is 11.3 Å². The summed E-state index contributed by atoms with van der Waals surface area (Å²) in [5.74, 6) is -5.02. The van der Waals surface area contributed by atoms with Crippen LogP contribution in [0.3, 0.4) is 0 Å². The minimum Gasteiger partial charge on any atom is -0.481 e. The molecule has 0 atom stereocenters. The summed E-state index contributed by atoms with van der Waals surface area (Å²) in [6.07, 6.45) is 2.58. The van der Waals surface area contributed by atoms with Gasteiger partial charge in [-0.25, -0.2) is 9.48 Å². The number of carbonyl (C=O) groups is 3. The molecular formula is C26H31N3O7S. The Kier molecular flexibility index (Phi) is 11.2.